The Morgan fingerprint density at radius 1 is 1.38 bits per heavy atom. The molecule has 6 nitrogen and oxygen atoms in total. The third kappa shape index (κ3) is 3.71. The minimum Gasteiger partial charge on any atom is -0.493 e. The van der Waals surface area contributed by atoms with Crippen molar-refractivity contribution in [3.05, 3.63) is 40.9 Å². The molecule has 1 aromatic carbocycles. The van der Waals surface area contributed by atoms with Gasteiger partial charge in [0.15, 0.2) is 0 Å². The van der Waals surface area contributed by atoms with Gasteiger partial charge in [0.25, 0.3) is 0 Å². The van der Waals surface area contributed by atoms with Gasteiger partial charge in [-0.2, -0.15) is 5.10 Å². The number of halogens is 1. The molecular weight excluding hydrogens is 328 g/mol. The van der Waals surface area contributed by atoms with Gasteiger partial charge >= 0.3 is 0 Å². The molecular formula is C17H21ClN4O2. The summed E-state index contributed by atoms with van der Waals surface area (Å²) in [7, 11) is 0. The second kappa shape index (κ2) is 7.09. The number of morpholine rings is 1. The molecule has 0 radical (unpaired) electrons. The molecule has 0 spiro atoms. The first-order valence-electron chi connectivity index (χ1n) is 8.38. The summed E-state index contributed by atoms with van der Waals surface area (Å²) in [4.78, 5) is 6.63. The van der Waals surface area contributed by atoms with Crippen molar-refractivity contribution < 1.29 is 9.47 Å². The van der Waals surface area contributed by atoms with Crippen LogP contribution in [0.25, 0.3) is 0 Å². The molecule has 1 aromatic heterocycles. The summed E-state index contributed by atoms with van der Waals surface area (Å²) in [6.45, 7) is 3.69. The molecule has 2 aromatic rings. The van der Waals surface area contributed by atoms with Gasteiger partial charge < -0.3 is 9.47 Å². The van der Waals surface area contributed by atoms with Crippen LogP contribution in [0.15, 0.2) is 24.5 Å². The number of rotatable bonds is 6. The van der Waals surface area contributed by atoms with Crippen molar-refractivity contribution in [2.75, 3.05) is 26.4 Å². The molecule has 1 atom stereocenters. The Hall–Kier alpha value is -1.63. The standard InChI is InChI=1S/C17H21ClN4O2/c18-14-3-4-16(24-9-12-1-2-12)13(7-14)8-22-5-6-23-10-15(22)17-19-11-20-21-17/h3-4,7,11-12,15H,1-2,5-6,8-10H2,(H,19,20,21). The first-order chi connectivity index (χ1) is 11.8. The van der Waals surface area contributed by atoms with Gasteiger partial charge in [0.1, 0.15) is 17.9 Å². The van der Waals surface area contributed by atoms with Crippen LogP contribution in [0.1, 0.15) is 30.3 Å². The monoisotopic (exact) mass is 348 g/mol. The van der Waals surface area contributed by atoms with E-state index in [1.54, 1.807) is 0 Å². The molecule has 2 aliphatic rings. The normalized spacial score (nSPS) is 21.8. The van der Waals surface area contributed by atoms with E-state index in [0.717, 1.165) is 47.8 Å². The second-order valence-corrected chi connectivity index (χ2v) is 6.87. The molecule has 0 amide bonds. The van der Waals surface area contributed by atoms with Crippen LogP contribution >= 0.6 is 11.6 Å². The molecule has 2 fully saturated rings. The maximum atomic E-state index is 6.22. The SMILES string of the molecule is Clc1ccc(OCC2CC2)c(CN2CCOCC2c2ncn[nH]2)c1. The lowest BCUT2D eigenvalue weighted by Gasteiger charge is -2.34. The van der Waals surface area contributed by atoms with Crippen LogP contribution in [-0.4, -0.2) is 46.4 Å². The molecule has 7 heteroatoms. The molecule has 1 N–H and O–H groups in total. The second-order valence-electron chi connectivity index (χ2n) is 6.44. The number of aromatic nitrogens is 3. The molecule has 1 unspecified atom stereocenters. The molecule has 1 saturated carbocycles. The highest BCUT2D eigenvalue weighted by molar-refractivity contribution is 6.30. The smallest absolute Gasteiger partial charge is 0.143 e. The average molecular weight is 349 g/mol. The maximum Gasteiger partial charge on any atom is 0.143 e. The van der Waals surface area contributed by atoms with E-state index in [9.17, 15) is 0 Å². The number of hydrogen-bond donors (Lipinski definition) is 1. The van der Waals surface area contributed by atoms with Crippen LogP contribution < -0.4 is 4.74 Å². The Bertz CT molecular complexity index is 675. The number of nitrogens with one attached hydrogen (secondary N) is 1. The summed E-state index contributed by atoms with van der Waals surface area (Å²) < 4.78 is 11.7. The molecule has 128 valence electrons. The zero-order chi connectivity index (χ0) is 16.4. The van der Waals surface area contributed by atoms with Crippen molar-refractivity contribution in [3.8, 4) is 5.75 Å². The van der Waals surface area contributed by atoms with Crippen molar-refractivity contribution in [3.63, 3.8) is 0 Å². The topological polar surface area (TPSA) is 63.3 Å². The largest absolute Gasteiger partial charge is 0.493 e. The molecule has 0 bridgehead atoms. The Balaban J connectivity index is 1.52. The molecule has 2 heterocycles. The predicted molar refractivity (Wildman–Crippen MR) is 90.0 cm³/mol. The molecule has 24 heavy (non-hydrogen) atoms. The Labute approximate surface area is 146 Å². The molecule has 1 aliphatic carbocycles. The van der Waals surface area contributed by atoms with Gasteiger partial charge in [0.05, 0.1) is 25.9 Å². The van der Waals surface area contributed by atoms with Crippen LogP contribution in [0.5, 0.6) is 5.75 Å². The van der Waals surface area contributed by atoms with Gasteiger partial charge in [-0.05, 0) is 37.0 Å². The fraction of sp³-hybridized carbons (Fsp3) is 0.529. The average Bonchev–Trinajstić information content (AvgIpc) is 3.26. The summed E-state index contributed by atoms with van der Waals surface area (Å²) in [5.74, 6) is 2.48. The van der Waals surface area contributed by atoms with Gasteiger partial charge in [-0.25, -0.2) is 4.98 Å². The summed E-state index contributed by atoms with van der Waals surface area (Å²) in [6.07, 6.45) is 4.09. The predicted octanol–water partition coefficient (Wildman–Crippen LogP) is 2.82. The zero-order valence-electron chi connectivity index (χ0n) is 13.4. The van der Waals surface area contributed by atoms with Gasteiger partial charge in [-0.1, -0.05) is 11.6 Å². The van der Waals surface area contributed by atoms with Crippen LogP contribution in [0.3, 0.4) is 0 Å². The van der Waals surface area contributed by atoms with Gasteiger partial charge in [-0.15, -0.1) is 0 Å². The highest BCUT2D eigenvalue weighted by Gasteiger charge is 2.28. The first kappa shape index (κ1) is 15.9. The van der Waals surface area contributed by atoms with E-state index in [2.05, 4.69) is 20.1 Å². The lowest BCUT2D eigenvalue weighted by molar-refractivity contribution is -0.0161. The summed E-state index contributed by atoms with van der Waals surface area (Å²) in [6, 6.07) is 5.93. The fourth-order valence-corrected chi connectivity index (χ4v) is 3.17. The third-order valence-corrected chi connectivity index (χ3v) is 4.79. The quantitative estimate of drug-likeness (QED) is 0.869. The van der Waals surface area contributed by atoms with Crippen LogP contribution in [0.2, 0.25) is 5.02 Å². The highest BCUT2D eigenvalue weighted by atomic mass is 35.5. The van der Waals surface area contributed by atoms with Crippen LogP contribution in [0.4, 0.5) is 0 Å². The van der Waals surface area contributed by atoms with E-state index in [-0.39, 0.29) is 6.04 Å². The summed E-state index contributed by atoms with van der Waals surface area (Å²) in [5.41, 5.74) is 1.11. The Morgan fingerprint density at radius 2 is 2.29 bits per heavy atom. The van der Waals surface area contributed by atoms with Crippen LogP contribution in [0, 0.1) is 5.92 Å². The third-order valence-electron chi connectivity index (χ3n) is 4.56. The number of hydrogen-bond acceptors (Lipinski definition) is 5. The van der Waals surface area contributed by atoms with Gasteiger partial charge in [-0.3, -0.25) is 10.00 Å². The van der Waals surface area contributed by atoms with Crippen molar-refractivity contribution in [1.82, 2.24) is 20.1 Å². The van der Waals surface area contributed by atoms with E-state index in [1.807, 2.05) is 18.2 Å². The summed E-state index contributed by atoms with van der Waals surface area (Å²) in [5, 5.41) is 7.65. The molecule has 4 rings (SSSR count). The highest BCUT2D eigenvalue weighted by Crippen LogP contribution is 2.32. The van der Waals surface area contributed by atoms with Gasteiger partial charge in [0, 0.05) is 23.7 Å². The lowest BCUT2D eigenvalue weighted by Crippen LogP contribution is -2.39. The Kier molecular flexibility index (Phi) is 4.69. The number of ether oxygens (including phenoxy) is 2. The molecule has 1 aliphatic heterocycles. The minimum absolute atomic E-state index is 0.0662. The molecule has 1 saturated heterocycles. The van der Waals surface area contributed by atoms with Gasteiger partial charge in [0.2, 0.25) is 0 Å². The van der Waals surface area contributed by atoms with E-state index in [0.29, 0.717) is 13.2 Å². The first-order valence-corrected chi connectivity index (χ1v) is 8.75. The number of H-pyrrole nitrogens is 1. The zero-order valence-corrected chi connectivity index (χ0v) is 14.2. The van der Waals surface area contributed by atoms with Crippen LogP contribution in [-0.2, 0) is 11.3 Å². The number of aromatic amines is 1. The lowest BCUT2D eigenvalue weighted by atomic mass is 10.1. The Morgan fingerprint density at radius 3 is 3.08 bits per heavy atom. The fourth-order valence-electron chi connectivity index (χ4n) is 2.98. The van der Waals surface area contributed by atoms with E-state index >= 15 is 0 Å². The maximum absolute atomic E-state index is 6.22. The van der Waals surface area contributed by atoms with Crippen molar-refractivity contribution in [2.24, 2.45) is 5.92 Å². The van der Waals surface area contributed by atoms with Crippen molar-refractivity contribution >= 4 is 11.6 Å². The van der Waals surface area contributed by atoms with E-state index < -0.39 is 0 Å². The van der Waals surface area contributed by atoms with E-state index in [4.69, 9.17) is 21.1 Å². The van der Waals surface area contributed by atoms with E-state index in [1.165, 1.54) is 19.2 Å². The number of benzene rings is 1. The minimum atomic E-state index is 0.0662. The number of nitrogens with zero attached hydrogens (tertiary/aromatic N) is 3. The van der Waals surface area contributed by atoms with Crippen molar-refractivity contribution in [2.45, 2.75) is 25.4 Å². The van der Waals surface area contributed by atoms with Crippen molar-refractivity contribution in [1.29, 1.82) is 0 Å². The summed E-state index contributed by atoms with van der Waals surface area (Å²) >= 11 is 6.22.